The first-order valence-corrected chi connectivity index (χ1v) is 8.24. The molecule has 1 aliphatic carbocycles. The fraction of sp³-hybridized carbons (Fsp3) is 0.533. The van der Waals surface area contributed by atoms with Crippen molar-refractivity contribution in [3.63, 3.8) is 0 Å². The standard InChI is InChI=1S/C15H21N3O2S/c1-2-9-16-14(20)15-18-12(10-21-15)13(19)17-11-7-5-3-4-6-8-11/h2,10-11H,1,3-9H2,(H,16,20)(H,17,19). The lowest BCUT2D eigenvalue weighted by molar-refractivity contribution is 0.0929. The molecule has 0 unspecified atom stereocenters. The number of hydrogen-bond acceptors (Lipinski definition) is 4. The lowest BCUT2D eigenvalue weighted by atomic mass is 10.1. The molecular weight excluding hydrogens is 286 g/mol. The van der Waals surface area contributed by atoms with Crippen LogP contribution >= 0.6 is 11.3 Å². The van der Waals surface area contributed by atoms with Gasteiger partial charge < -0.3 is 10.6 Å². The molecule has 21 heavy (non-hydrogen) atoms. The molecule has 1 aliphatic rings. The smallest absolute Gasteiger partial charge is 0.280 e. The van der Waals surface area contributed by atoms with Gasteiger partial charge in [0.1, 0.15) is 5.69 Å². The van der Waals surface area contributed by atoms with Crippen LogP contribution in [0, 0.1) is 0 Å². The van der Waals surface area contributed by atoms with Crippen LogP contribution < -0.4 is 10.6 Å². The number of nitrogens with one attached hydrogen (secondary N) is 2. The number of hydrogen-bond donors (Lipinski definition) is 2. The average Bonchev–Trinajstić information content (AvgIpc) is 2.85. The quantitative estimate of drug-likeness (QED) is 0.648. The zero-order valence-electron chi connectivity index (χ0n) is 12.1. The summed E-state index contributed by atoms with van der Waals surface area (Å²) in [5.41, 5.74) is 0.327. The summed E-state index contributed by atoms with van der Waals surface area (Å²) < 4.78 is 0. The summed E-state index contributed by atoms with van der Waals surface area (Å²) >= 11 is 1.18. The Morgan fingerprint density at radius 1 is 1.29 bits per heavy atom. The number of nitrogens with zero attached hydrogens (tertiary/aromatic N) is 1. The molecule has 5 nitrogen and oxygen atoms in total. The molecule has 2 N–H and O–H groups in total. The maximum atomic E-state index is 12.2. The minimum absolute atomic E-state index is 0.180. The van der Waals surface area contributed by atoms with Crippen molar-refractivity contribution in [2.75, 3.05) is 6.54 Å². The first kappa shape index (κ1) is 15.7. The van der Waals surface area contributed by atoms with Crippen LogP contribution in [0.15, 0.2) is 18.0 Å². The molecule has 114 valence electrons. The molecule has 0 spiro atoms. The van der Waals surface area contributed by atoms with Crippen molar-refractivity contribution in [3.05, 3.63) is 28.7 Å². The van der Waals surface area contributed by atoms with Crippen LogP contribution in [0.5, 0.6) is 0 Å². The van der Waals surface area contributed by atoms with Crippen LogP contribution in [0.3, 0.4) is 0 Å². The Hall–Kier alpha value is -1.69. The third-order valence-corrected chi connectivity index (χ3v) is 4.37. The summed E-state index contributed by atoms with van der Waals surface area (Å²) in [7, 11) is 0. The summed E-state index contributed by atoms with van der Waals surface area (Å²) in [6.45, 7) is 3.93. The molecule has 1 fully saturated rings. The van der Waals surface area contributed by atoms with Gasteiger partial charge in [-0.15, -0.1) is 17.9 Å². The van der Waals surface area contributed by atoms with E-state index in [1.54, 1.807) is 11.5 Å². The van der Waals surface area contributed by atoms with Gasteiger partial charge in [-0.1, -0.05) is 31.8 Å². The van der Waals surface area contributed by atoms with Crippen LogP contribution in [-0.4, -0.2) is 29.4 Å². The summed E-state index contributed by atoms with van der Waals surface area (Å²) in [6, 6.07) is 0.236. The summed E-state index contributed by atoms with van der Waals surface area (Å²) in [5, 5.41) is 7.62. The summed E-state index contributed by atoms with van der Waals surface area (Å²) in [5.74, 6) is -0.450. The predicted molar refractivity (Wildman–Crippen MR) is 83.6 cm³/mol. The average molecular weight is 307 g/mol. The van der Waals surface area contributed by atoms with Crippen molar-refractivity contribution in [1.29, 1.82) is 0 Å². The van der Waals surface area contributed by atoms with E-state index >= 15 is 0 Å². The van der Waals surface area contributed by atoms with Crippen molar-refractivity contribution in [2.45, 2.75) is 44.6 Å². The second kappa shape index (κ2) is 7.93. The van der Waals surface area contributed by atoms with Crippen LogP contribution in [0.4, 0.5) is 0 Å². The molecule has 1 heterocycles. The lowest BCUT2D eigenvalue weighted by Crippen LogP contribution is -2.34. The van der Waals surface area contributed by atoms with Crippen molar-refractivity contribution in [3.8, 4) is 0 Å². The molecule has 0 aliphatic heterocycles. The van der Waals surface area contributed by atoms with E-state index in [0.717, 1.165) is 25.7 Å². The molecule has 1 saturated carbocycles. The number of aromatic nitrogens is 1. The third kappa shape index (κ3) is 4.67. The maximum Gasteiger partial charge on any atom is 0.280 e. The van der Waals surface area contributed by atoms with Crippen LogP contribution in [-0.2, 0) is 0 Å². The van der Waals surface area contributed by atoms with E-state index < -0.39 is 0 Å². The first-order valence-electron chi connectivity index (χ1n) is 7.36. The van der Waals surface area contributed by atoms with Crippen molar-refractivity contribution in [2.24, 2.45) is 0 Å². The van der Waals surface area contributed by atoms with E-state index in [0.29, 0.717) is 17.2 Å². The normalized spacial score (nSPS) is 16.0. The predicted octanol–water partition coefficient (Wildman–Crippen LogP) is 2.51. The SMILES string of the molecule is C=CCNC(=O)c1nc(C(=O)NC2CCCCCC2)cs1. The molecule has 6 heteroatoms. The molecule has 2 rings (SSSR count). The highest BCUT2D eigenvalue weighted by Gasteiger charge is 2.19. The van der Waals surface area contributed by atoms with E-state index in [9.17, 15) is 9.59 Å². The molecule has 0 aromatic carbocycles. The second-order valence-corrected chi connectivity index (χ2v) is 6.06. The Balaban J connectivity index is 1.91. The fourth-order valence-corrected chi connectivity index (χ4v) is 3.12. The Bertz CT molecular complexity index is 505. The van der Waals surface area contributed by atoms with Crippen molar-refractivity contribution >= 4 is 23.2 Å². The van der Waals surface area contributed by atoms with Gasteiger partial charge in [-0.05, 0) is 12.8 Å². The second-order valence-electron chi connectivity index (χ2n) is 5.20. The van der Waals surface area contributed by atoms with E-state index in [1.165, 1.54) is 24.2 Å². The Kier molecular flexibility index (Phi) is 5.92. The third-order valence-electron chi connectivity index (χ3n) is 3.53. The lowest BCUT2D eigenvalue weighted by Gasteiger charge is -2.15. The van der Waals surface area contributed by atoms with Crippen molar-refractivity contribution in [1.82, 2.24) is 15.6 Å². The van der Waals surface area contributed by atoms with Crippen LogP contribution in [0.25, 0.3) is 0 Å². The summed E-state index contributed by atoms with van der Waals surface area (Å²) in [4.78, 5) is 28.0. The van der Waals surface area contributed by atoms with Gasteiger partial charge in [-0.3, -0.25) is 9.59 Å². The largest absolute Gasteiger partial charge is 0.348 e. The van der Waals surface area contributed by atoms with Gasteiger partial charge >= 0.3 is 0 Å². The highest BCUT2D eigenvalue weighted by atomic mass is 32.1. The Morgan fingerprint density at radius 3 is 2.67 bits per heavy atom. The van der Waals surface area contributed by atoms with Gasteiger partial charge in [0.05, 0.1) is 0 Å². The minimum Gasteiger partial charge on any atom is -0.348 e. The van der Waals surface area contributed by atoms with Gasteiger partial charge in [0, 0.05) is 18.0 Å². The molecule has 0 bridgehead atoms. The molecule has 2 amide bonds. The molecule has 0 atom stereocenters. The number of amides is 2. The zero-order chi connectivity index (χ0) is 15.1. The van der Waals surface area contributed by atoms with Crippen LogP contribution in [0.2, 0.25) is 0 Å². The van der Waals surface area contributed by atoms with Crippen LogP contribution in [0.1, 0.15) is 58.8 Å². The van der Waals surface area contributed by atoms with Gasteiger partial charge in [0.25, 0.3) is 11.8 Å². The molecule has 1 aromatic rings. The molecular formula is C15H21N3O2S. The van der Waals surface area contributed by atoms with E-state index in [1.807, 2.05) is 0 Å². The van der Waals surface area contributed by atoms with Gasteiger partial charge in [-0.2, -0.15) is 0 Å². The maximum absolute atomic E-state index is 12.2. The minimum atomic E-state index is -0.270. The highest BCUT2D eigenvalue weighted by Crippen LogP contribution is 2.18. The van der Waals surface area contributed by atoms with Gasteiger partial charge in [0.2, 0.25) is 0 Å². The van der Waals surface area contributed by atoms with Gasteiger partial charge in [0.15, 0.2) is 5.01 Å². The molecule has 1 aromatic heterocycles. The van der Waals surface area contributed by atoms with E-state index in [-0.39, 0.29) is 17.9 Å². The zero-order valence-corrected chi connectivity index (χ0v) is 12.9. The summed E-state index contributed by atoms with van der Waals surface area (Å²) in [6.07, 6.45) is 8.48. The number of rotatable bonds is 5. The Labute approximate surface area is 128 Å². The first-order chi connectivity index (χ1) is 10.2. The number of thiazole rings is 1. The number of carbonyl (C=O) groups is 2. The highest BCUT2D eigenvalue weighted by molar-refractivity contribution is 7.11. The van der Waals surface area contributed by atoms with E-state index in [4.69, 9.17) is 0 Å². The van der Waals surface area contributed by atoms with Crippen molar-refractivity contribution < 1.29 is 9.59 Å². The molecule has 0 saturated heterocycles. The topological polar surface area (TPSA) is 71.1 Å². The fourth-order valence-electron chi connectivity index (χ4n) is 2.41. The molecule has 0 radical (unpaired) electrons. The number of carbonyl (C=O) groups excluding carboxylic acids is 2. The Morgan fingerprint density at radius 2 is 2.00 bits per heavy atom. The van der Waals surface area contributed by atoms with E-state index in [2.05, 4.69) is 22.2 Å². The van der Waals surface area contributed by atoms with Gasteiger partial charge in [-0.25, -0.2) is 4.98 Å². The monoisotopic (exact) mass is 307 g/mol.